The Kier molecular flexibility index (Phi) is 14.6. The fourth-order valence-corrected chi connectivity index (χ4v) is 6.93. The van der Waals surface area contributed by atoms with Crippen LogP contribution in [0.3, 0.4) is 0 Å². The maximum Gasteiger partial charge on any atom is 0.351 e. The van der Waals surface area contributed by atoms with Crippen molar-refractivity contribution >= 4 is 58.9 Å². The Hall–Kier alpha value is -2.03. The van der Waals surface area contributed by atoms with Crippen molar-refractivity contribution in [1.29, 1.82) is 0 Å². The first-order chi connectivity index (χ1) is 20.0. The van der Waals surface area contributed by atoms with Gasteiger partial charge in [0.05, 0.1) is 13.0 Å². The number of ether oxygens (including phenoxy) is 3. The van der Waals surface area contributed by atoms with E-state index in [-0.39, 0.29) is 30.8 Å². The first-order valence-corrected chi connectivity index (χ1v) is 17.3. The van der Waals surface area contributed by atoms with E-state index in [4.69, 9.17) is 19.1 Å². The summed E-state index contributed by atoms with van der Waals surface area (Å²) in [5.74, 6) is -2.10. The lowest BCUT2D eigenvalue weighted by Crippen LogP contribution is -2.29. The second-order valence-corrected chi connectivity index (χ2v) is 13.6. The van der Waals surface area contributed by atoms with Crippen LogP contribution in [0, 0.1) is 0 Å². The van der Waals surface area contributed by atoms with Crippen LogP contribution in [0.25, 0.3) is 0 Å². The summed E-state index contributed by atoms with van der Waals surface area (Å²) < 4.78 is 60.3. The lowest BCUT2D eigenvalue weighted by molar-refractivity contribution is -0.249. The van der Waals surface area contributed by atoms with Gasteiger partial charge in [0, 0.05) is 24.8 Å². The highest BCUT2D eigenvalue weighted by atomic mass is 32.2. The number of phosphoric ester groups is 1. The van der Waals surface area contributed by atoms with Crippen molar-refractivity contribution in [2.75, 3.05) is 38.1 Å². The van der Waals surface area contributed by atoms with Gasteiger partial charge in [-0.25, -0.2) is 13.4 Å². The van der Waals surface area contributed by atoms with Crippen molar-refractivity contribution in [3.8, 4) is 0 Å². The van der Waals surface area contributed by atoms with Crippen molar-refractivity contribution in [3.63, 3.8) is 0 Å². The molecule has 1 aliphatic heterocycles. The van der Waals surface area contributed by atoms with Crippen molar-refractivity contribution < 1.29 is 75.0 Å². The van der Waals surface area contributed by atoms with Crippen LogP contribution in [0.4, 0.5) is 5.82 Å². The molecule has 1 aromatic rings. The van der Waals surface area contributed by atoms with E-state index >= 15 is 0 Å². The second kappa shape index (κ2) is 16.9. The summed E-state index contributed by atoms with van der Waals surface area (Å²) in [6, 6.07) is 1.24. The van der Waals surface area contributed by atoms with E-state index in [0.29, 0.717) is 13.0 Å². The third-order valence-electron chi connectivity index (χ3n) is 4.72. The van der Waals surface area contributed by atoms with Crippen molar-refractivity contribution in [2.45, 2.75) is 37.3 Å². The third kappa shape index (κ3) is 15.0. The number of hydrogen-bond donors (Lipinski definition) is 3. The monoisotopic (exact) mass is 695 g/mol. The molecule has 0 spiro atoms. The molecule has 1 fully saturated rings. The Balaban J connectivity index is 1.77. The van der Waals surface area contributed by atoms with E-state index < -0.39 is 72.1 Å². The van der Waals surface area contributed by atoms with E-state index in [0.717, 1.165) is 16.3 Å². The molecule has 21 nitrogen and oxygen atoms in total. The molecule has 0 aliphatic carbocycles. The molecule has 0 aromatic carbocycles. The number of hydrogen-bond acceptors (Lipinski definition) is 19. The number of nitrogens with zero attached hydrogens (tertiary/aromatic N) is 2. The van der Waals surface area contributed by atoms with Crippen molar-refractivity contribution in [1.82, 2.24) is 14.9 Å². The molecule has 25 heteroatoms. The normalized spacial score (nSPS) is 20.8. The first-order valence-electron chi connectivity index (χ1n) is 11.8. The van der Waals surface area contributed by atoms with Crippen LogP contribution in [-0.4, -0.2) is 70.5 Å². The van der Waals surface area contributed by atoms with Gasteiger partial charge in [-0.3, -0.25) is 32.6 Å². The standard InChI is InChI=1S/C18H29N4O17P3S/c1-19-7-2-3-15(24)34-11-35-16(25)5-4-13(23)20-12-6-8-22(18(26)21-12)14-10-43-17(37-14)9-36-41(30,31)39-42(32,33)38-40(27,28)29/h6,8,14,17,19H,2-5,7,9-11H2,1H3,(H,30,31)(H,32,33)(H2,27,28,29)(H,20,21,23,26)/p-3/t14-,17+/m0/s1. The van der Waals surface area contributed by atoms with Gasteiger partial charge in [-0.05, 0) is 26.1 Å². The lowest BCUT2D eigenvalue weighted by atomic mass is 10.3. The molecule has 1 aromatic heterocycles. The van der Waals surface area contributed by atoms with Crippen LogP contribution in [0.5, 0.6) is 0 Å². The minimum atomic E-state index is -6.05. The predicted molar refractivity (Wildman–Crippen MR) is 136 cm³/mol. The van der Waals surface area contributed by atoms with Gasteiger partial charge in [0.15, 0.2) is 0 Å². The van der Waals surface area contributed by atoms with Gasteiger partial charge in [0.2, 0.25) is 12.7 Å². The zero-order valence-electron chi connectivity index (χ0n) is 22.1. The number of esters is 2. The SMILES string of the molecule is CNCCCC(=O)OCOC(=O)CCC(=O)Nc1ccn([C@@H]2CS[C@H](COP(=O)([O-])OP(=O)([O-])OP(=O)([O-])O)O2)c(=O)n1. The molecule has 1 saturated heterocycles. The second-order valence-electron chi connectivity index (χ2n) is 8.08. The summed E-state index contributed by atoms with van der Waals surface area (Å²) in [4.78, 5) is 93.1. The molecule has 0 radical (unpaired) electrons. The third-order valence-corrected chi connectivity index (χ3v) is 9.50. The number of carbonyl (C=O) groups excluding carboxylic acids is 3. The average Bonchev–Trinajstić information content (AvgIpc) is 3.33. The minimum absolute atomic E-state index is 0.0751. The van der Waals surface area contributed by atoms with Crippen LogP contribution in [0.2, 0.25) is 0 Å². The summed E-state index contributed by atoms with van der Waals surface area (Å²) in [6.07, 6.45) is 0.228. The number of amides is 1. The predicted octanol–water partition coefficient (Wildman–Crippen LogP) is -1.96. The highest BCUT2D eigenvalue weighted by Gasteiger charge is 2.31. The Morgan fingerprint density at radius 3 is 2.42 bits per heavy atom. The molecule has 2 rings (SSSR count). The topological polar surface area (TPSA) is 306 Å². The molecule has 1 amide bonds. The van der Waals surface area contributed by atoms with Crippen LogP contribution < -0.4 is 31.0 Å². The van der Waals surface area contributed by atoms with Gasteiger partial charge in [0.1, 0.15) is 17.5 Å². The molecule has 0 bridgehead atoms. The molecule has 244 valence electrons. The quantitative estimate of drug-likeness (QED) is 0.0649. The van der Waals surface area contributed by atoms with E-state index in [2.05, 4.69) is 28.8 Å². The Morgan fingerprint density at radius 2 is 1.79 bits per heavy atom. The molecule has 2 heterocycles. The van der Waals surface area contributed by atoms with E-state index in [1.165, 1.54) is 12.3 Å². The number of carbonyl (C=O) groups is 3. The summed E-state index contributed by atoms with van der Waals surface area (Å²) in [7, 11) is -15.9. The van der Waals surface area contributed by atoms with Crippen LogP contribution in [0.15, 0.2) is 17.1 Å². The van der Waals surface area contributed by atoms with Crippen LogP contribution in [-0.2, 0) is 55.4 Å². The van der Waals surface area contributed by atoms with Crippen molar-refractivity contribution in [2.24, 2.45) is 0 Å². The Labute approximate surface area is 247 Å². The fraction of sp³-hybridized carbons (Fsp3) is 0.611. The molecule has 0 saturated carbocycles. The first kappa shape index (κ1) is 37.2. The maximum atomic E-state index is 12.4. The van der Waals surface area contributed by atoms with Crippen LogP contribution >= 0.6 is 35.2 Å². The molecule has 3 N–H and O–H groups in total. The summed E-state index contributed by atoms with van der Waals surface area (Å²) in [5, 5.41) is 5.18. The molecule has 5 atom stereocenters. The van der Waals surface area contributed by atoms with Gasteiger partial charge in [-0.15, -0.1) is 11.8 Å². The maximum absolute atomic E-state index is 12.4. The summed E-state index contributed by atoms with van der Waals surface area (Å²) in [6.45, 7) is -0.802. The van der Waals surface area contributed by atoms with E-state index in [1.807, 2.05) is 0 Å². The highest BCUT2D eigenvalue weighted by molar-refractivity contribution is 8.00. The number of aromatic nitrogens is 2. The number of rotatable bonds is 18. The smallest absolute Gasteiger partial charge is 0.351 e. The zero-order chi connectivity index (χ0) is 32.3. The van der Waals surface area contributed by atoms with Gasteiger partial charge in [-0.1, -0.05) is 0 Å². The number of nitrogens with one attached hydrogen (secondary N) is 2. The average molecular weight is 695 g/mol. The molecule has 3 unspecified atom stereocenters. The number of thioether (sulfide) groups is 1. The molecular formula is C18H26N4O17P3S-3. The van der Waals surface area contributed by atoms with E-state index in [1.54, 1.807) is 7.05 Å². The number of anilines is 1. The molecule has 43 heavy (non-hydrogen) atoms. The van der Waals surface area contributed by atoms with Crippen molar-refractivity contribution in [3.05, 3.63) is 22.7 Å². The Bertz CT molecular complexity index is 1340. The highest BCUT2D eigenvalue weighted by Crippen LogP contribution is 2.61. The fourth-order valence-electron chi connectivity index (χ4n) is 2.95. The van der Waals surface area contributed by atoms with Gasteiger partial charge in [0.25, 0.3) is 23.5 Å². The van der Waals surface area contributed by atoms with Gasteiger partial charge in [-0.2, -0.15) is 4.98 Å². The zero-order valence-corrected chi connectivity index (χ0v) is 25.6. The van der Waals surface area contributed by atoms with E-state index in [9.17, 15) is 47.6 Å². The summed E-state index contributed by atoms with van der Waals surface area (Å²) in [5.41, 5.74) is -1.95. The molecular weight excluding hydrogens is 669 g/mol. The molecule has 1 aliphatic rings. The van der Waals surface area contributed by atoms with Gasteiger partial charge >= 0.3 is 17.6 Å². The number of phosphoric acid groups is 3. The summed E-state index contributed by atoms with van der Waals surface area (Å²) >= 11 is 0.951. The van der Waals surface area contributed by atoms with Crippen LogP contribution in [0.1, 0.15) is 31.9 Å². The largest absolute Gasteiger partial charge is 0.756 e. The lowest BCUT2D eigenvalue weighted by Gasteiger charge is -2.32. The van der Waals surface area contributed by atoms with Gasteiger partial charge < -0.3 is 48.9 Å². The minimum Gasteiger partial charge on any atom is -0.756 e. The Morgan fingerprint density at radius 1 is 1.12 bits per heavy atom.